The molecule has 100 valence electrons. The normalized spacial score (nSPS) is 14.0. The van der Waals surface area contributed by atoms with Gasteiger partial charge >= 0.3 is 0 Å². The van der Waals surface area contributed by atoms with Crippen LogP contribution in [0.1, 0.15) is 17.8 Å². The summed E-state index contributed by atoms with van der Waals surface area (Å²) in [6, 6.07) is 6.17. The largest absolute Gasteiger partial charge is 0.493 e. The highest BCUT2D eigenvalue weighted by molar-refractivity contribution is 5.59. The molecule has 0 amide bonds. The molecule has 0 saturated heterocycles. The van der Waals surface area contributed by atoms with Gasteiger partial charge in [0, 0.05) is 19.0 Å². The molecule has 19 heavy (non-hydrogen) atoms. The van der Waals surface area contributed by atoms with E-state index in [-0.39, 0.29) is 0 Å². The van der Waals surface area contributed by atoms with Crippen LogP contribution in [0.15, 0.2) is 18.2 Å². The summed E-state index contributed by atoms with van der Waals surface area (Å²) in [5.41, 5.74) is 7.86. The maximum absolute atomic E-state index is 5.62. The minimum Gasteiger partial charge on any atom is -0.493 e. The van der Waals surface area contributed by atoms with Crippen LogP contribution in [0.5, 0.6) is 5.75 Å². The second kappa shape index (κ2) is 5.01. The maximum atomic E-state index is 5.62. The first kappa shape index (κ1) is 12.2. The number of rotatable bonds is 3. The molecule has 2 heterocycles. The molecule has 1 aromatic heterocycles. The monoisotopic (exact) mass is 258 g/mol. The molecule has 1 aliphatic heterocycles. The Morgan fingerprint density at radius 1 is 1.42 bits per heavy atom. The van der Waals surface area contributed by atoms with Crippen molar-refractivity contribution in [1.29, 1.82) is 0 Å². The molecule has 2 N–H and O–H groups in total. The van der Waals surface area contributed by atoms with Crippen LogP contribution in [0.3, 0.4) is 0 Å². The molecule has 0 bridgehead atoms. The number of hydrogen-bond donors (Lipinski definition) is 1. The molecule has 0 spiro atoms. The van der Waals surface area contributed by atoms with Gasteiger partial charge < -0.3 is 10.5 Å². The Hall–Kier alpha value is -1.88. The average molecular weight is 258 g/mol. The highest BCUT2D eigenvalue weighted by Gasteiger charge is 2.14. The first-order valence-corrected chi connectivity index (χ1v) is 6.64. The minimum absolute atomic E-state index is 0.587. The van der Waals surface area contributed by atoms with Crippen LogP contribution in [0.2, 0.25) is 0 Å². The van der Waals surface area contributed by atoms with Crippen molar-refractivity contribution < 1.29 is 4.74 Å². The molecule has 5 heteroatoms. The van der Waals surface area contributed by atoms with Gasteiger partial charge in [-0.05, 0) is 43.1 Å². The zero-order chi connectivity index (χ0) is 13.2. The second-order valence-corrected chi connectivity index (χ2v) is 4.79. The number of nitrogens with zero attached hydrogens (tertiary/aromatic N) is 3. The van der Waals surface area contributed by atoms with Gasteiger partial charge in [-0.3, -0.25) is 4.68 Å². The first-order chi connectivity index (χ1) is 9.28. The van der Waals surface area contributed by atoms with E-state index in [0.29, 0.717) is 6.54 Å². The van der Waals surface area contributed by atoms with E-state index < -0.39 is 0 Å². The summed E-state index contributed by atoms with van der Waals surface area (Å²) < 4.78 is 7.42. The maximum Gasteiger partial charge on any atom is 0.181 e. The fourth-order valence-electron chi connectivity index (χ4n) is 2.39. The predicted octanol–water partition coefficient (Wildman–Crippen LogP) is 1.31. The lowest BCUT2D eigenvalue weighted by Crippen LogP contribution is -2.08. The summed E-state index contributed by atoms with van der Waals surface area (Å²) in [7, 11) is 1.91. The molecular weight excluding hydrogens is 240 g/mol. The molecule has 3 rings (SSSR count). The summed E-state index contributed by atoms with van der Waals surface area (Å²) >= 11 is 0. The molecule has 0 fully saturated rings. The van der Waals surface area contributed by atoms with Crippen LogP contribution in [0.4, 0.5) is 0 Å². The fourth-order valence-corrected chi connectivity index (χ4v) is 2.39. The van der Waals surface area contributed by atoms with E-state index in [1.54, 1.807) is 4.68 Å². The number of aromatic nitrogens is 3. The van der Waals surface area contributed by atoms with Crippen molar-refractivity contribution in [2.75, 3.05) is 13.2 Å². The summed E-state index contributed by atoms with van der Waals surface area (Å²) in [6.07, 6.45) is 2.88. The van der Waals surface area contributed by atoms with E-state index in [4.69, 9.17) is 10.5 Å². The van der Waals surface area contributed by atoms with Gasteiger partial charge in [0.15, 0.2) is 5.82 Å². The Bertz CT molecular complexity index is 591. The third-order valence-corrected chi connectivity index (χ3v) is 3.39. The quantitative estimate of drug-likeness (QED) is 0.901. The fraction of sp³-hybridized carbons (Fsp3) is 0.429. The van der Waals surface area contributed by atoms with Crippen molar-refractivity contribution in [3.63, 3.8) is 0 Å². The van der Waals surface area contributed by atoms with Gasteiger partial charge in [0.1, 0.15) is 11.6 Å². The van der Waals surface area contributed by atoms with Crippen LogP contribution < -0.4 is 10.5 Å². The lowest BCUT2D eigenvalue weighted by atomic mass is 10.0. The molecule has 0 saturated carbocycles. The molecule has 0 unspecified atom stereocenters. The number of fused-ring (bicyclic) bond motifs is 1. The molecule has 0 radical (unpaired) electrons. The Morgan fingerprint density at radius 2 is 2.32 bits per heavy atom. The van der Waals surface area contributed by atoms with E-state index in [2.05, 4.69) is 16.1 Å². The SMILES string of the molecule is Cn1nc(-c2ccc3c(c2)CCCO3)nc1CCN. The van der Waals surface area contributed by atoms with E-state index in [0.717, 1.165) is 48.8 Å². The molecular formula is C14H18N4O. The molecule has 0 aliphatic carbocycles. The van der Waals surface area contributed by atoms with Crippen LogP contribution in [-0.2, 0) is 19.9 Å². The highest BCUT2D eigenvalue weighted by Crippen LogP contribution is 2.28. The summed E-state index contributed by atoms with van der Waals surface area (Å²) in [5.74, 6) is 2.68. The smallest absolute Gasteiger partial charge is 0.181 e. The van der Waals surface area contributed by atoms with Crippen molar-refractivity contribution in [2.45, 2.75) is 19.3 Å². The van der Waals surface area contributed by atoms with Gasteiger partial charge in [0.25, 0.3) is 0 Å². The number of nitrogens with two attached hydrogens (primary N) is 1. The topological polar surface area (TPSA) is 66.0 Å². The number of ether oxygens (including phenoxy) is 1. The van der Waals surface area contributed by atoms with Crippen LogP contribution >= 0.6 is 0 Å². The van der Waals surface area contributed by atoms with Crippen molar-refractivity contribution in [3.05, 3.63) is 29.6 Å². The first-order valence-electron chi connectivity index (χ1n) is 6.64. The zero-order valence-electron chi connectivity index (χ0n) is 11.1. The zero-order valence-corrected chi connectivity index (χ0v) is 11.1. The van der Waals surface area contributed by atoms with Gasteiger partial charge in [0.05, 0.1) is 6.61 Å². The van der Waals surface area contributed by atoms with E-state index >= 15 is 0 Å². The standard InChI is InChI=1S/C14H18N4O/c1-18-13(6-7-15)16-14(17-18)11-4-5-12-10(9-11)3-2-8-19-12/h4-5,9H,2-3,6-8,15H2,1H3. The Balaban J connectivity index is 1.95. The third kappa shape index (κ3) is 2.33. The number of aryl methyl sites for hydroxylation is 2. The average Bonchev–Trinajstić information content (AvgIpc) is 2.80. The molecule has 5 nitrogen and oxygen atoms in total. The number of benzene rings is 1. The van der Waals surface area contributed by atoms with Gasteiger partial charge in [-0.1, -0.05) is 0 Å². The van der Waals surface area contributed by atoms with Crippen LogP contribution in [-0.4, -0.2) is 27.9 Å². The van der Waals surface area contributed by atoms with Crippen LogP contribution in [0.25, 0.3) is 11.4 Å². The van der Waals surface area contributed by atoms with Gasteiger partial charge in [-0.15, -0.1) is 0 Å². The van der Waals surface area contributed by atoms with E-state index in [9.17, 15) is 0 Å². The minimum atomic E-state index is 0.587. The predicted molar refractivity (Wildman–Crippen MR) is 73.0 cm³/mol. The molecule has 1 aromatic carbocycles. The Kier molecular flexibility index (Phi) is 3.21. The lowest BCUT2D eigenvalue weighted by Gasteiger charge is -2.17. The van der Waals surface area contributed by atoms with E-state index in [1.165, 1.54) is 5.56 Å². The van der Waals surface area contributed by atoms with Gasteiger partial charge in [-0.25, -0.2) is 4.98 Å². The van der Waals surface area contributed by atoms with Crippen molar-refractivity contribution >= 4 is 0 Å². The van der Waals surface area contributed by atoms with Crippen LogP contribution in [0, 0.1) is 0 Å². The van der Waals surface area contributed by atoms with Crippen molar-refractivity contribution in [3.8, 4) is 17.1 Å². The van der Waals surface area contributed by atoms with Gasteiger partial charge in [0.2, 0.25) is 0 Å². The van der Waals surface area contributed by atoms with Crippen molar-refractivity contribution in [1.82, 2.24) is 14.8 Å². The molecule has 1 aliphatic rings. The summed E-state index contributed by atoms with van der Waals surface area (Å²) in [6.45, 7) is 1.40. The molecule has 2 aromatic rings. The Labute approximate surface area is 112 Å². The second-order valence-electron chi connectivity index (χ2n) is 4.79. The summed E-state index contributed by atoms with van der Waals surface area (Å²) in [5, 5.41) is 4.46. The Morgan fingerprint density at radius 3 is 3.16 bits per heavy atom. The van der Waals surface area contributed by atoms with Crippen molar-refractivity contribution in [2.24, 2.45) is 12.8 Å². The van der Waals surface area contributed by atoms with E-state index in [1.807, 2.05) is 19.2 Å². The molecule has 0 atom stereocenters. The lowest BCUT2D eigenvalue weighted by molar-refractivity contribution is 0.288. The summed E-state index contributed by atoms with van der Waals surface area (Å²) in [4.78, 5) is 4.55. The van der Waals surface area contributed by atoms with Gasteiger partial charge in [-0.2, -0.15) is 5.10 Å². The highest BCUT2D eigenvalue weighted by atomic mass is 16.5. The third-order valence-electron chi connectivity index (χ3n) is 3.39. The number of hydrogen-bond acceptors (Lipinski definition) is 4.